The quantitative estimate of drug-likeness (QED) is 0.436. The Kier molecular flexibility index (Phi) is 6.54. The number of carbonyl (C=O) groups is 3. The van der Waals surface area contributed by atoms with Gasteiger partial charge in [-0.15, -0.1) is 11.8 Å². The van der Waals surface area contributed by atoms with Gasteiger partial charge in [-0.1, -0.05) is 41.2 Å². The molecule has 1 aromatic heterocycles. The minimum atomic E-state index is -0.356. The first-order valence-corrected chi connectivity index (χ1v) is 16.5. The highest BCUT2D eigenvalue weighted by Crippen LogP contribution is 2.68. The molecule has 3 aromatic rings. The average Bonchev–Trinajstić information content (AvgIpc) is 3.76. The summed E-state index contributed by atoms with van der Waals surface area (Å²) in [5.74, 6) is -0.290. The molecule has 1 N–H and O–H groups in total. The number of carbonyl (C=O) groups excluding carboxylic acids is 3. The van der Waals surface area contributed by atoms with Crippen LogP contribution in [0.15, 0.2) is 58.4 Å². The molecule has 8 rings (SSSR count). The summed E-state index contributed by atoms with van der Waals surface area (Å²) in [4.78, 5) is 60.2. The van der Waals surface area contributed by atoms with Crippen molar-refractivity contribution in [2.75, 3.05) is 37.8 Å². The van der Waals surface area contributed by atoms with E-state index in [2.05, 4.69) is 4.98 Å². The minimum Gasteiger partial charge on any atom is -0.484 e. The molecule has 2 aliphatic carbocycles. The van der Waals surface area contributed by atoms with E-state index < -0.39 is 0 Å². The van der Waals surface area contributed by atoms with Crippen LogP contribution in [0.2, 0.25) is 0 Å². The van der Waals surface area contributed by atoms with Gasteiger partial charge >= 0.3 is 4.87 Å². The molecular weight excluding hydrogens is 587 g/mol. The fourth-order valence-corrected chi connectivity index (χ4v) is 11.1. The zero-order valence-electron chi connectivity index (χ0n) is 23.6. The van der Waals surface area contributed by atoms with Crippen LogP contribution in [0.4, 0.5) is 5.69 Å². The number of thiazole rings is 1. The molecule has 4 fully saturated rings. The van der Waals surface area contributed by atoms with Crippen LogP contribution < -0.4 is 14.5 Å². The van der Waals surface area contributed by atoms with Gasteiger partial charge in [0.1, 0.15) is 5.75 Å². The number of rotatable bonds is 5. The number of thioether (sulfide) groups is 1. The van der Waals surface area contributed by atoms with Gasteiger partial charge in [-0.3, -0.25) is 24.1 Å². The Morgan fingerprint density at radius 1 is 1.02 bits per heavy atom. The summed E-state index contributed by atoms with van der Waals surface area (Å²) < 4.78 is 11.3. The van der Waals surface area contributed by atoms with E-state index in [0.29, 0.717) is 37.7 Å². The number of H-pyrrole nitrogens is 1. The van der Waals surface area contributed by atoms with Crippen LogP contribution in [0.1, 0.15) is 28.3 Å². The van der Waals surface area contributed by atoms with Crippen molar-refractivity contribution < 1.29 is 23.9 Å². The Morgan fingerprint density at radius 2 is 1.77 bits per heavy atom. The highest BCUT2D eigenvalue weighted by atomic mass is 32.2. The first kappa shape index (κ1) is 27.2. The van der Waals surface area contributed by atoms with Crippen LogP contribution >= 0.6 is 23.1 Å². The molecule has 222 valence electrons. The van der Waals surface area contributed by atoms with Crippen LogP contribution in [0, 0.1) is 36.5 Å². The predicted molar refractivity (Wildman–Crippen MR) is 162 cm³/mol. The number of ether oxygens (including phenoxy) is 2. The number of anilines is 1. The average molecular weight is 618 g/mol. The Hall–Kier alpha value is -3.41. The minimum absolute atomic E-state index is 0.0298. The largest absolute Gasteiger partial charge is 0.484 e. The third kappa shape index (κ3) is 4.30. The second-order valence-electron chi connectivity index (χ2n) is 12.2. The number of aryl methyl sites for hydroxylation is 1. The number of aromatic amines is 1. The molecule has 2 aromatic carbocycles. The van der Waals surface area contributed by atoms with Crippen molar-refractivity contribution in [1.82, 2.24) is 9.88 Å². The molecule has 2 saturated heterocycles. The number of hydrogen-bond acceptors (Lipinski definition) is 8. The summed E-state index contributed by atoms with van der Waals surface area (Å²) in [7, 11) is 0. The predicted octanol–water partition coefficient (Wildman–Crippen LogP) is 3.66. The number of nitrogens with one attached hydrogen (secondary N) is 1. The van der Waals surface area contributed by atoms with Gasteiger partial charge < -0.3 is 19.4 Å². The van der Waals surface area contributed by atoms with Crippen molar-refractivity contribution in [3.05, 3.63) is 74.2 Å². The molecule has 43 heavy (non-hydrogen) atoms. The van der Waals surface area contributed by atoms with Gasteiger partial charge in [-0.05, 0) is 60.9 Å². The first-order chi connectivity index (χ1) is 20.9. The van der Waals surface area contributed by atoms with Crippen molar-refractivity contribution in [1.29, 1.82) is 0 Å². The van der Waals surface area contributed by atoms with Gasteiger partial charge in [0.05, 0.1) is 35.8 Å². The van der Waals surface area contributed by atoms with Gasteiger partial charge in [0.25, 0.3) is 5.91 Å². The van der Waals surface area contributed by atoms with Crippen LogP contribution in [0.5, 0.6) is 5.75 Å². The maximum absolute atomic E-state index is 14.0. The summed E-state index contributed by atoms with van der Waals surface area (Å²) in [6.07, 6.45) is 0.830. The topological polar surface area (TPSA) is 109 Å². The molecule has 9 nitrogen and oxygen atoms in total. The Morgan fingerprint density at radius 3 is 2.53 bits per heavy atom. The Labute approximate surface area is 256 Å². The van der Waals surface area contributed by atoms with Crippen molar-refractivity contribution >= 4 is 46.5 Å². The molecule has 7 atom stereocenters. The number of nitrogens with zero attached hydrogens (tertiary/aromatic N) is 2. The van der Waals surface area contributed by atoms with Gasteiger partial charge in [-0.25, -0.2) is 0 Å². The smallest absolute Gasteiger partial charge is 0.305 e. The molecule has 5 aliphatic rings. The number of amides is 3. The summed E-state index contributed by atoms with van der Waals surface area (Å²) >= 11 is 2.91. The third-order valence-electron chi connectivity index (χ3n) is 9.96. The van der Waals surface area contributed by atoms with E-state index in [-0.39, 0.29) is 70.0 Å². The zero-order valence-corrected chi connectivity index (χ0v) is 25.2. The monoisotopic (exact) mass is 617 g/mol. The molecule has 6 unspecified atom stereocenters. The van der Waals surface area contributed by atoms with Gasteiger partial charge in [0, 0.05) is 29.1 Å². The zero-order chi connectivity index (χ0) is 29.4. The van der Waals surface area contributed by atoms with Crippen LogP contribution in [-0.4, -0.2) is 65.8 Å². The van der Waals surface area contributed by atoms with E-state index in [9.17, 15) is 19.2 Å². The lowest BCUT2D eigenvalue weighted by atomic mass is 9.68. The number of benzene rings is 2. The normalized spacial score (nSPS) is 30.8. The van der Waals surface area contributed by atoms with Crippen molar-refractivity contribution in [2.24, 2.45) is 29.6 Å². The molecule has 2 saturated carbocycles. The lowest BCUT2D eigenvalue weighted by Gasteiger charge is -2.43. The number of morpholine rings is 1. The van der Waals surface area contributed by atoms with E-state index in [0.717, 1.165) is 27.5 Å². The van der Waals surface area contributed by atoms with E-state index >= 15 is 0 Å². The Bertz CT molecular complexity index is 1680. The van der Waals surface area contributed by atoms with Gasteiger partial charge in [0.2, 0.25) is 11.8 Å². The van der Waals surface area contributed by atoms with Gasteiger partial charge in [0.15, 0.2) is 6.61 Å². The lowest BCUT2D eigenvalue weighted by Crippen LogP contribution is -2.43. The van der Waals surface area contributed by atoms with Crippen LogP contribution in [-0.2, 0) is 19.1 Å². The van der Waals surface area contributed by atoms with Crippen LogP contribution in [0.3, 0.4) is 0 Å². The van der Waals surface area contributed by atoms with Crippen molar-refractivity contribution in [3.63, 3.8) is 0 Å². The molecule has 4 heterocycles. The maximum atomic E-state index is 14.0. The summed E-state index contributed by atoms with van der Waals surface area (Å²) in [5.41, 5.74) is 2.71. The van der Waals surface area contributed by atoms with E-state index in [1.807, 2.05) is 55.5 Å². The first-order valence-electron chi connectivity index (χ1n) is 14.8. The fraction of sp³-hybridized carbons (Fsp3) is 0.438. The summed E-state index contributed by atoms with van der Waals surface area (Å²) in [6, 6.07) is 15.4. The molecule has 2 bridgehead atoms. The number of fused-ring (bicyclic) bond motifs is 9. The van der Waals surface area contributed by atoms with Crippen LogP contribution in [0.25, 0.3) is 0 Å². The van der Waals surface area contributed by atoms with E-state index in [1.165, 1.54) is 16.2 Å². The molecule has 11 heteroatoms. The molecular formula is C32H31N3O6S2. The number of hydrogen-bond donors (Lipinski definition) is 1. The maximum Gasteiger partial charge on any atom is 0.305 e. The highest BCUT2D eigenvalue weighted by molar-refractivity contribution is 8.00. The standard InChI is InChI=1S/C32H31N3O6S2/c1-16-5-7-18(8-6-16)35-30(37)25-20-14-21(26(25)31(35)38)27-24(20)23(28-29(42-27)33-32(39)43-28)17-3-2-4-19(13-17)41-15-22(36)34-9-11-40-12-10-34/h2-8,13,20-21,23-27H,9-12,14-15H2,1H3,(H,33,39)/t20?,21?,23-,24?,25?,26?,27?/m1/s1. The number of aromatic nitrogens is 1. The third-order valence-corrected chi connectivity index (χ3v) is 12.5. The fourth-order valence-electron chi connectivity index (χ4n) is 8.19. The Balaban J connectivity index is 1.11. The second kappa shape index (κ2) is 10.3. The summed E-state index contributed by atoms with van der Waals surface area (Å²) in [5, 5.41) is 0.975. The van der Waals surface area contributed by atoms with Crippen molar-refractivity contribution in [2.45, 2.75) is 29.5 Å². The van der Waals surface area contributed by atoms with E-state index in [4.69, 9.17) is 9.47 Å². The number of imide groups is 1. The highest BCUT2D eigenvalue weighted by Gasteiger charge is 2.69. The second-order valence-corrected chi connectivity index (χ2v) is 14.4. The molecule has 3 amide bonds. The SMILES string of the molecule is Cc1ccc(N2C(=O)C3C4CC(C3C2=O)C2C4Sc3[nH]c(=O)sc3[C@@H]2c2cccc(OCC(=O)N3CCOCC3)c2)cc1. The van der Waals surface area contributed by atoms with Crippen molar-refractivity contribution in [3.8, 4) is 5.75 Å². The lowest BCUT2D eigenvalue weighted by molar-refractivity contribution is -0.137. The van der Waals surface area contributed by atoms with E-state index in [1.54, 1.807) is 16.7 Å². The molecule has 0 radical (unpaired) electrons. The molecule has 0 spiro atoms. The molecule has 3 aliphatic heterocycles. The summed E-state index contributed by atoms with van der Waals surface area (Å²) in [6.45, 7) is 4.12. The van der Waals surface area contributed by atoms with Gasteiger partial charge in [-0.2, -0.15) is 0 Å².